The number of carbonyl (C=O) groups excluding carboxylic acids is 1. The molecule has 4 rings (SSSR count). The smallest absolute Gasteiger partial charge is 0.270 e. The highest BCUT2D eigenvalue weighted by molar-refractivity contribution is 6.04. The molecule has 1 amide bonds. The van der Waals surface area contributed by atoms with Gasteiger partial charge in [-0.15, -0.1) is 0 Å². The van der Waals surface area contributed by atoms with Crippen molar-refractivity contribution < 1.29 is 9.18 Å². The van der Waals surface area contributed by atoms with E-state index in [0.29, 0.717) is 30.2 Å². The van der Waals surface area contributed by atoms with Crippen molar-refractivity contribution in [3.63, 3.8) is 0 Å². The third-order valence-corrected chi connectivity index (χ3v) is 4.06. The number of pyridine rings is 1. The lowest BCUT2D eigenvalue weighted by atomic mass is 10.1. The van der Waals surface area contributed by atoms with Crippen LogP contribution >= 0.6 is 0 Å². The molecule has 1 aliphatic rings. The average Bonchev–Trinajstić information content (AvgIpc) is 2.98. The van der Waals surface area contributed by atoms with E-state index in [1.54, 1.807) is 30.6 Å². The lowest BCUT2D eigenvalue weighted by Gasteiger charge is -2.18. The Bertz CT molecular complexity index is 905. The molecular formula is C18H15FN4O. The van der Waals surface area contributed by atoms with Gasteiger partial charge >= 0.3 is 0 Å². The SMILES string of the molecule is O=C1NCCn2cc(-c3ccncc3)c(Nc3ccccc3F)c21. The fourth-order valence-electron chi connectivity index (χ4n) is 2.92. The fourth-order valence-corrected chi connectivity index (χ4v) is 2.92. The maximum Gasteiger partial charge on any atom is 0.270 e. The Morgan fingerprint density at radius 1 is 1.17 bits per heavy atom. The highest BCUT2D eigenvalue weighted by atomic mass is 19.1. The Balaban J connectivity index is 1.88. The van der Waals surface area contributed by atoms with E-state index in [9.17, 15) is 9.18 Å². The molecule has 0 bridgehead atoms. The highest BCUT2D eigenvalue weighted by Crippen LogP contribution is 2.36. The fraction of sp³-hybridized carbons (Fsp3) is 0.111. The maximum absolute atomic E-state index is 14.1. The summed E-state index contributed by atoms with van der Waals surface area (Å²) < 4.78 is 16.0. The summed E-state index contributed by atoms with van der Waals surface area (Å²) in [6.45, 7) is 1.26. The molecule has 0 radical (unpaired) electrons. The summed E-state index contributed by atoms with van der Waals surface area (Å²) in [6.07, 6.45) is 5.31. The number of aromatic nitrogens is 2. The van der Waals surface area contributed by atoms with Crippen LogP contribution in [0.3, 0.4) is 0 Å². The Morgan fingerprint density at radius 2 is 1.96 bits per heavy atom. The van der Waals surface area contributed by atoms with Crippen LogP contribution in [-0.4, -0.2) is 22.0 Å². The summed E-state index contributed by atoms with van der Waals surface area (Å²) in [7, 11) is 0. The lowest BCUT2D eigenvalue weighted by Crippen LogP contribution is -2.35. The first-order valence-corrected chi connectivity index (χ1v) is 7.67. The van der Waals surface area contributed by atoms with Crippen LogP contribution < -0.4 is 10.6 Å². The van der Waals surface area contributed by atoms with Crippen LogP contribution in [0.25, 0.3) is 11.1 Å². The van der Waals surface area contributed by atoms with Gasteiger partial charge in [0.15, 0.2) is 0 Å². The molecule has 2 aromatic heterocycles. The first-order chi connectivity index (χ1) is 11.7. The van der Waals surface area contributed by atoms with Gasteiger partial charge in [-0.3, -0.25) is 9.78 Å². The summed E-state index contributed by atoms with van der Waals surface area (Å²) in [5.74, 6) is -0.533. The molecule has 0 saturated heterocycles. The summed E-state index contributed by atoms with van der Waals surface area (Å²) in [4.78, 5) is 16.4. The summed E-state index contributed by atoms with van der Waals surface area (Å²) in [5.41, 5.74) is 3.20. The molecule has 2 N–H and O–H groups in total. The molecule has 1 aromatic carbocycles. The number of fused-ring (bicyclic) bond motifs is 1. The minimum absolute atomic E-state index is 0.166. The van der Waals surface area contributed by atoms with Gasteiger partial charge in [-0.25, -0.2) is 4.39 Å². The standard InChI is InChI=1S/C18H15FN4O/c19-14-3-1-2-4-15(14)22-16-13(12-5-7-20-8-6-12)11-23-10-9-21-18(24)17(16)23/h1-8,11,22H,9-10H2,(H,21,24). The van der Waals surface area contributed by atoms with E-state index in [2.05, 4.69) is 15.6 Å². The third-order valence-electron chi connectivity index (χ3n) is 4.06. The normalized spacial score (nSPS) is 13.3. The van der Waals surface area contributed by atoms with Crippen molar-refractivity contribution in [3.05, 3.63) is 66.5 Å². The van der Waals surface area contributed by atoms with E-state index in [0.717, 1.165) is 11.1 Å². The zero-order valence-corrected chi connectivity index (χ0v) is 12.8. The summed E-state index contributed by atoms with van der Waals surface area (Å²) in [5, 5.41) is 5.94. The predicted molar refractivity (Wildman–Crippen MR) is 89.7 cm³/mol. The van der Waals surface area contributed by atoms with Gasteiger partial charge in [-0.05, 0) is 29.8 Å². The molecule has 0 saturated carbocycles. The number of para-hydroxylation sites is 1. The average molecular weight is 322 g/mol. The van der Waals surface area contributed by atoms with Crippen LogP contribution in [-0.2, 0) is 6.54 Å². The van der Waals surface area contributed by atoms with Crippen LogP contribution in [0.2, 0.25) is 0 Å². The van der Waals surface area contributed by atoms with Crippen molar-refractivity contribution in [2.45, 2.75) is 6.54 Å². The summed E-state index contributed by atoms with van der Waals surface area (Å²) in [6, 6.07) is 10.2. The topological polar surface area (TPSA) is 59.0 Å². The number of carbonyl (C=O) groups is 1. The van der Waals surface area contributed by atoms with Crippen LogP contribution in [0.1, 0.15) is 10.5 Å². The molecule has 0 atom stereocenters. The van der Waals surface area contributed by atoms with E-state index in [4.69, 9.17) is 0 Å². The summed E-state index contributed by atoms with van der Waals surface area (Å²) >= 11 is 0. The highest BCUT2D eigenvalue weighted by Gasteiger charge is 2.25. The molecule has 0 unspecified atom stereocenters. The second-order valence-corrected chi connectivity index (χ2v) is 5.56. The number of hydrogen-bond acceptors (Lipinski definition) is 3. The Labute approximate surface area is 138 Å². The number of amides is 1. The molecule has 120 valence electrons. The first-order valence-electron chi connectivity index (χ1n) is 7.67. The minimum atomic E-state index is -0.366. The second-order valence-electron chi connectivity index (χ2n) is 5.56. The van der Waals surface area contributed by atoms with E-state index in [-0.39, 0.29) is 11.7 Å². The van der Waals surface area contributed by atoms with Crippen molar-refractivity contribution >= 4 is 17.3 Å². The van der Waals surface area contributed by atoms with Gasteiger partial charge in [0.2, 0.25) is 0 Å². The van der Waals surface area contributed by atoms with Crippen molar-refractivity contribution in [1.82, 2.24) is 14.9 Å². The van der Waals surface area contributed by atoms with Gasteiger partial charge in [0, 0.05) is 37.2 Å². The van der Waals surface area contributed by atoms with E-state index >= 15 is 0 Å². The van der Waals surface area contributed by atoms with E-state index in [1.165, 1.54) is 6.07 Å². The lowest BCUT2D eigenvalue weighted by molar-refractivity contribution is 0.0929. The van der Waals surface area contributed by atoms with Gasteiger partial charge in [0.25, 0.3) is 5.91 Å². The van der Waals surface area contributed by atoms with Crippen LogP contribution in [0.4, 0.5) is 15.8 Å². The largest absolute Gasteiger partial charge is 0.351 e. The Hall–Kier alpha value is -3.15. The zero-order valence-electron chi connectivity index (χ0n) is 12.8. The first kappa shape index (κ1) is 14.4. The van der Waals surface area contributed by atoms with Gasteiger partial charge in [0.1, 0.15) is 11.5 Å². The number of hydrogen-bond donors (Lipinski definition) is 2. The number of benzene rings is 1. The maximum atomic E-state index is 14.1. The van der Waals surface area contributed by atoms with Gasteiger partial charge < -0.3 is 15.2 Å². The third kappa shape index (κ3) is 2.42. The molecule has 0 fully saturated rings. The number of nitrogens with zero attached hydrogens (tertiary/aromatic N) is 2. The van der Waals surface area contributed by atoms with Gasteiger partial charge in [-0.2, -0.15) is 0 Å². The molecule has 3 heterocycles. The predicted octanol–water partition coefficient (Wildman–Crippen LogP) is 3.18. The quantitative estimate of drug-likeness (QED) is 0.778. The van der Waals surface area contributed by atoms with Crippen molar-refractivity contribution in [1.29, 1.82) is 0 Å². The number of rotatable bonds is 3. The molecule has 0 aliphatic carbocycles. The van der Waals surface area contributed by atoms with Gasteiger partial charge in [-0.1, -0.05) is 12.1 Å². The Morgan fingerprint density at radius 3 is 2.75 bits per heavy atom. The molecular weight excluding hydrogens is 307 g/mol. The minimum Gasteiger partial charge on any atom is -0.351 e. The van der Waals surface area contributed by atoms with E-state index < -0.39 is 0 Å². The van der Waals surface area contributed by atoms with Crippen molar-refractivity contribution in [2.75, 3.05) is 11.9 Å². The van der Waals surface area contributed by atoms with E-state index in [1.807, 2.05) is 22.9 Å². The van der Waals surface area contributed by atoms with Crippen LogP contribution in [0.15, 0.2) is 55.0 Å². The van der Waals surface area contributed by atoms with Crippen LogP contribution in [0.5, 0.6) is 0 Å². The van der Waals surface area contributed by atoms with Crippen molar-refractivity contribution in [3.8, 4) is 11.1 Å². The zero-order chi connectivity index (χ0) is 16.5. The second kappa shape index (κ2) is 5.81. The van der Waals surface area contributed by atoms with Crippen LogP contribution in [0, 0.1) is 5.82 Å². The Kier molecular flexibility index (Phi) is 3.49. The number of nitrogens with one attached hydrogen (secondary N) is 2. The molecule has 5 nitrogen and oxygen atoms in total. The molecule has 0 spiro atoms. The monoisotopic (exact) mass is 322 g/mol. The van der Waals surface area contributed by atoms with Gasteiger partial charge in [0.05, 0.1) is 11.4 Å². The van der Waals surface area contributed by atoms with Crippen molar-refractivity contribution in [2.24, 2.45) is 0 Å². The molecule has 1 aliphatic heterocycles. The molecule has 6 heteroatoms. The number of anilines is 2. The number of halogens is 1. The molecule has 3 aromatic rings. The molecule has 24 heavy (non-hydrogen) atoms.